The minimum absolute atomic E-state index is 0.232. The molecule has 0 aromatic heterocycles. The summed E-state index contributed by atoms with van der Waals surface area (Å²) in [7, 11) is 0. The van der Waals surface area contributed by atoms with E-state index in [2.05, 4.69) is 29.3 Å². The fourth-order valence-electron chi connectivity index (χ4n) is 4.15. The Balaban J connectivity index is 1.12. The van der Waals surface area contributed by atoms with Crippen molar-refractivity contribution in [1.29, 1.82) is 0 Å². The number of hydrogen-bond acceptors (Lipinski definition) is 4. The van der Waals surface area contributed by atoms with Crippen LogP contribution in [0.15, 0.2) is 52.7 Å². The third kappa shape index (κ3) is 5.85. The van der Waals surface area contributed by atoms with Gasteiger partial charge in [-0.3, -0.25) is 0 Å². The number of amidine groups is 1. The van der Waals surface area contributed by atoms with Crippen molar-refractivity contribution in [3.8, 4) is 5.75 Å². The average Bonchev–Trinajstić information content (AvgIpc) is 2.76. The molecule has 0 saturated carbocycles. The zero-order chi connectivity index (χ0) is 20.8. The lowest BCUT2D eigenvalue weighted by Gasteiger charge is -2.31. The van der Waals surface area contributed by atoms with Crippen LogP contribution in [-0.2, 0) is 4.74 Å². The predicted molar refractivity (Wildman–Crippen MR) is 117 cm³/mol. The normalized spacial score (nSPS) is 23.8. The van der Waals surface area contributed by atoms with Gasteiger partial charge in [0.2, 0.25) is 0 Å². The maximum absolute atomic E-state index is 12.9. The molecule has 1 atom stereocenters. The standard InChI is InChI=1S/C24H32FN3O2/c1-18-4-5-19-17-30-24(27-23(19)16-18)26-21-10-13-28(14-11-21)12-2-3-15-29-22-8-6-20(25)7-9-22/h4-9,18,21H,2-3,10-17H2,1H3,(H,26,27). The number of hydrogen-bond donors (Lipinski definition) is 1. The lowest BCUT2D eigenvalue weighted by atomic mass is 9.95. The van der Waals surface area contributed by atoms with Gasteiger partial charge in [0.25, 0.3) is 6.02 Å². The van der Waals surface area contributed by atoms with E-state index in [1.165, 1.54) is 23.4 Å². The highest BCUT2D eigenvalue weighted by atomic mass is 19.1. The fraction of sp³-hybridized carbons (Fsp3) is 0.542. The number of aliphatic imine (C=N–C) groups is 1. The SMILES string of the molecule is CC1C=CC2=C(C1)NC(=NC1CCN(CCCCOc3ccc(F)cc3)CC1)OC2. The quantitative estimate of drug-likeness (QED) is 0.678. The highest BCUT2D eigenvalue weighted by Crippen LogP contribution is 2.25. The van der Waals surface area contributed by atoms with E-state index in [-0.39, 0.29) is 5.82 Å². The maximum Gasteiger partial charge on any atom is 0.289 e. The number of ether oxygens (including phenoxy) is 2. The first-order valence-corrected chi connectivity index (χ1v) is 11.1. The van der Waals surface area contributed by atoms with E-state index in [1.807, 2.05) is 0 Å². The maximum atomic E-state index is 12.9. The van der Waals surface area contributed by atoms with Crippen molar-refractivity contribution in [1.82, 2.24) is 10.2 Å². The van der Waals surface area contributed by atoms with Crippen molar-refractivity contribution in [3.63, 3.8) is 0 Å². The summed E-state index contributed by atoms with van der Waals surface area (Å²) in [6, 6.07) is 7.25. The van der Waals surface area contributed by atoms with Crippen LogP contribution >= 0.6 is 0 Å². The number of benzene rings is 1. The summed E-state index contributed by atoms with van der Waals surface area (Å²) in [5, 5.41) is 3.42. The smallest absolute Gasteiger partial charge is 0.289 e. The molecule has 1 aromatic carbocycles. The van der Waals surface area contributed by atoms with E-state index in [0.29, 0.717) is 31.2 Å². The number of likely N-dealkylation sites (tertiary alicyclic amines) is 1. The van der Waals surface area contributed by atoms with Gasteiger partial charge in [0.05, 0.1) is 12.6 Å². The number of piperidine rings is 1. The first-order valence-electron chi connectivity index (χ1n) is 11.1. The third-order valence-corrected chi connectivity index (χ3v) is 5.97. The van der Waals surface area contributed by atoms with Crippen molar-refractivity contribution < 1.29 is 13.9 Å². The fourth-order valence-corrected chi connectivity index (χ4v) is 4.15. The van der Waals surface area contributed by atoms with Crippen LogP contribution in [0.2, 0.25) is 0 Å². The van der Waals surface area contributed by atoms with Crippen molar-refractivity contribution >= 4 is 6.02 Å². The second-order valence-electron chi connectivity index (χ2n) is 8.47. The Kier molecular flexibility index (Phi) is 7.05. The first-order chi connectivity index (χ1) is 14.7. The highest BCUT2D eigenvalue weighted by Gasteiger charge is 2.23. The number of halogens is 1. The Morgan fingerprint density at radius 3 is 2.80 bits per heavy atom. The van der Waals surface area contributed by atoms with E-state index in [4.69, 9.17) is 14.5 Å². The lowest BCUT2D eigenvalue weighted by molar-refractivity contribution is 0.201. The molecule has 0 spiro atoms. The van der Waals surface area contributed by atoms with Gasteiger partial charge in [-0.1, -0.05) is 19.1 Å². The van der Waals surface area contributed by atoms with Gasteiger partial charge in [0, 0.05) is 24.4 Å². The largest absolute Gasteiger partial charge is 0.494 e. The van der Waals surface area contributed by atoms with Gasteiger partial charge in [0.1, 0.15) is 18.2 Å². The molecule has 4 rings (SSSR count). The summed E-state index contributed by atoms with van der Waals surface area (Å²) in [6.45, 7) is 6.78. The number of nitrogens with zero attached hydrogens (tertiary/aromatic N) is 2. The molecule has 5 nitrogen and oxygen atoms in total. The second kappa shape index (κ2) is 10.1. The van der Waals surface area contributed by atoms with Crippen LogP contribution in [0.1, 0.15) is 39.0 Å². The highest BCUT2D eigenvalue weighted by molar-refractivity contribution is 5.77. The Bertz CT molecular complexity index is 795. The van der Waals surface area contributed by atoms with Gasteiger partial charge in [-0.2, -0.15) is 0 Å². The molecule has 1 saturated heterocycles. The Morgan fingerprint density at radius 1 is 1.20 bits per heavy atom. The molecule has 3 aliphatic rings. The van der Waals surface area contributed by atoms with Crippen molar-refractivity contribution in [2.24, 2.45) is 10.9 Å². The van der Waals surface area contributed by atoms with Crippen LogP contribution in [0.5, 0.6) is 5.75 Å². The van der Waals surface area contributed by atoms with E-state index >= 15 is 0 Å². The van der Waals surface area contributed by atoms with Gasteiger partial charge < -0.3 is 19.7 Å². The average molecular weight is 414 g/mol. The molecule has 0 bridgehead atoms. The van der Waals surface area contributed by atoms with E-state index in [0.717, 1.165) is 57.5 Å². The third-order valence-electron chi connectivity index (χ3n) is 5.97. The van der Waals surface area contributed by atoms with E-state index in [1.54, 1.807) is 12.1 Å². The van der Waals surface area contributed by atoms with Crippen LogP contribution in [0.3, 0.4) is 0 Å². The Morgan fingerprint density at radius 2 is 2.00 bits per heavy atom. The molecule has 1 aromatic rings. The molecule has 0 radical (unpaired) electrons. The number of allylic oxidation sites excluding steroid dienone is 2. The van der Waals surface area contributed by atoms with E-state index < -0.39 is 0 Å². The number of rotatable bonds is 7. The summed E-state index contributed by atoms with van der Waals surface area (Å²) in [6.07, 6.45) is 9.71. The van der Waals surface area contributed by atoms with Gasteiger partial charge in [0.15, 0.2) is 0 Å². The summed E-state index contributed by atoms with van der Waals surface area (Å²) >= 11 is 0. The summed E-state index contributed by atoms with van der Waals surface area (Å²) in [5.41, 5.74) is 2.53. The molecule has 162 valence electrons. The van der Waals surface area contributed by atoms with Crippen molar-refractivity contribution in [3.05, 3.63) is 53.5 Å². The topological polar surface area (TPSA) is 46.1 Å². The first kappa shape index (κ1) is 20.9. The summed E-state index contributed by atoms with van der Waals surface area (Å²) < 4.78 is 24.4. The molecule has 2 heterocycles. The Labute approximate surface area is 178 Å². The summed E-state index contributed by atoms with van der Waals surface area (Å²) in [4.78, 5) is 7.36. The molecule has 2 aliphatic heterocycles. The Hall–Kier alpha value is -2.34. The molecule has 30 heavy (non-hydrogen) atoms. The molecular formula is C24H32FN3O2. The van der Waals surface area contributed by atoms with Gasteiger partial charge in [-0.25, -0.2) is 9.38 Å². The van der Waals surface area contributed by atoms with Crippen molar-refractivity contribution in [2.45, 2.75) is 45.1 Å². The van der Waals surface area contributed by atoms with Gasteiger partial charge >= 0.3 is 0 Å². The summed E-state index contributed by atoms with van der Waals surface area (Å²) in [5.74, 6) is 1.07. The minimum Gasteiger partial charge on any atom is -0.494 e. The molecular weight excluding hydrogens is 381 g/mol. The molecule has 1 aliphatic carbocycles. The van der Waals surface area contributed by atoms with Crippen LogP contribution in [0.4, 0.5) is 4.39 Å². The molecule has 6 heteroatoms. The van der Waals surface area contributed by atoms with Gasteiger partial charge in [-0.15, -0.1) is 0 Å². The van der Waals surface area contributed by atoms with Crippen LogP contribution in [-0.4, -0.2) is 49.8 Å². The van der Waals surface area contributed by atoms with Crippen LogP contribution in [0.25, 0.3) is 0 Å². The zero-order valence-corrected chi connectivity index (χ0v) is 17.8. The number of nitrogens with one attached hydrogen (secondary N) is 1. The lowest BCUT2D eigenvalue weighted by Crippen LogP contribution is -2.39. The minimum atomic E-state index is -0.232. The zero-order valence-electron chi connectivity index (χ0n) is 17.8. The van der Waals surface area contributed by atoms with E-state index in [9.17, 15) is 4.39 Å². The van der Waals surface area contributed by atoms with Crippen molar-refractivity contribution in [2.75, 3.05) is 32.8 Å². The van der Waals surface area contributed by atoms with Crippen LogP contribution in [0, 0.1) is 11.7 Å². The molecule has 1 N–H and O–H groups in total. The second-order valence-corrected chi connectivity index (χ2v) is 8.47. The monoisotopic (exact) mass is 413 g/mol. The molecule has 1 fully saturated rings. The van der Waals surface area contributed by atoms with Gasteiger partial charge in [-0.05, 0) is 68.8 Å². The molecule has 0 amide bonds. The predicted octanol–water partition coefficient (Wildman–Crippen LogP) is 4.28. The van der Waals surface area contributed by atoms with Crippen LogP contribution < -0.4 is 10.1 Å². The molecule has 1 unspecified atom stereocenters. The number of unbranched alkanes of at least 4 members (excludes halogenated alkanes) is 1.